The molecule has 1 aromatic rings. The summed E-state index contributed by atoms with van der Waals surface area (Å²) >= 11 is 0. The van der Waals surface area contributed by atoms with Crippen LogP contribution in [0.4, 0.5) is 10.1 Å². The fourth-order valence-electron chi connectivity index (χ4n) is 3.29. The average molecular weight is 385 g/mol. The summed E-state index contributed by atoms with van der Waals surface area (Å²) in [6.07, 6.45) is 0.686. The predicted octanol–water partition coefficient (Wildman–Crippen LogP) is 4.45. The van der Waals surface area contributed by atoms with E-state index in [0.29, 0.717) is 31.7 Å². The Morgan fingerprint density at radius 2 is 1.73 bits per heavy atom. The van der Waals surface area contributed by atoms with Gasteiger partial charge in [0.25, 0.3) is 5.69 Å². The van der Waals surface area contributed by atoms with Gasteiger partial charge in [-0.25, -0.2) is 13.7 Å². The van der Waals surface area contributed by atoms with Crippen molar-refractivity contribution in [1.82, 2.24) is 9.34 Å². The average Bonchev–Trinajstić information content (AvgIpc) is 3.49. The minimum atomic E-state index is -3.10. The van der Waals surface area contributed by atoms with Crippen molar-refractivity contribution in [2.45, 2.75) is 45.6 Å². The molecule has 26 heavy (non-hydrogen) atoms. The second-order valence-electron chi connectivity index (χ2n) is 6.85. The number of nitrogens with zero attached hydrogens (tertiary/aromatic N) is 3. The second-order valence-corrected chi connectivity index (χ2v) is 9.17. The number of nitro benzene ring substituents is 1. The summed E-state index contributed by atoms with van der Waals surface area (Å²) in [6.45, 7) is 8.40. The quantitative estimate of drug-likeness (QED) is 0.270. The van der Waals surface area contributed by atoms with E-state index in [0.717, 1.165) is 18.9 Å². The minimum absolute atomic E-state index is 0.0341. The first-order valence-corrected chi connectivity index (χ1v) is 10.6. The van der Waals surface area contributed by atoms with Crippen LogP contribution in [0, 0.1) is 15.9 Å². The Hall–Kier alpha value is -1.34. The third-order valence-corrected chi connectivity index (χ3v) is 7.88. The molecule has 2 saturated heterocycles. The van der Waals surface area contributed by atoms with Crippen LogP contribution in [-0.2, 0) is 9.09 Å². The van der Waals surface area contributed by atoms with Gasteiger partial charge in [-0.3, -0.25) is 19.2 Å². The van der Waals surface area contributed by atoms with Gasteiger partial charge < -0.3 is 0 Å². The van der Waals surface area contributed by atoms with Crippen LogP contribution in [0.3, 0.4) is 0 Å². The third kappa shape index (κ3) is 3.69. The van der Waals surface area contributed by atoms with E-state index in [9.17, 15) is 19.1 Å². The van der Waals surface area contributed by atoms with E-state index in [2.05, 4.69) is 0 Å². The largest absolute Gasteiger partial charge is 0.346 e. The molecule has 0 aromatic heterocycles. The number of nitro groups is 1. The second kappa shape index (κ2) is 7.35. The highest BCUT2D eigenvalue weighted by molar-refractivity contribution is 7.54. The molecule has 1 unspecified atom stereocenters. The molecule has 1 aromatic carbocycles. The van der Waals surface area contributed by atoms with Crippen molar-refractivity contribution in [3.05, 3.63) is 39.2 Å². The standard InChI is InChI=1S/C17H25FN3O4P/c1-4-13(5-2)15-10-14(16(18)11-17(15)21(22)23)12(3)25-26(24,19-6-7-19)20-8-9-20/h10-13H,4-9H2,1-3H3. The van der Waals surface area contributed by atoms with Crippen molar-refractivity contribution in [2.24, 2.45) is 0 Å². The number of halogens is 1. The topological polar surface area (TPSA) is 75.5 Å². The SMILES string of the molecule is CCC(CC)c1cc(C(C)OP(=O)(N2CC2)N2CC2)c(F)cc1[N+](=O)[O-]. The van der Waals surface area contributed by atoms with Crippen molar-refractivity contribution in [2.75, 3.05) is 26.2 Å². The van der Waals surface area contributed by atoms with Crippen LogP contribution in [-0.4, -0.2) is 40.4 Å². The van der Waals surface area contributed by atoms with Crippen molar-refractivity contribution in [3.63, 3.8) is 0 Å². The highest BCUT2D eigenvalue weighted by Gasteiger charge is 2.50. The van der Waals surface area contributed by atoms with E-state index in [1.54, 1.807) is 16.3 Å². The van der Waals surface area contributed by atoms with Gasteiger partial charge in [-0.2, -0.15) is 0 Å². The molecule has 0 radical (unpaired) electrons. The maximum Gasteiger partial charge on any atom is 0.346 e. The molecule has 0 amide bonds. The maximum atomic E-state index is 14.6. The van der Waals surface area contributed by atoms with Crippen LogP contribution in [0.5, 0.6) is 0 Å². The van der Waals surface area contributed by atoms with Crippen LogP contribution in [0.1, 0.15) is 56.8 Å². The molecular weight excluding hydrogens is 360 g/mol. The Balaban J connectivity index is 1.94. The summed E-state index contributed by atoms with van der Waals surface area (Å²) in [6, 6.07) is 2.51. The summed E-state index contributed by atoms with van der Waals surface area (Å²) in [5.74, 6) is -0.727. The zero-order chi connectivity index (χ0) is 19.1. The normalized spacial score (nSPS) is 19.0. The highest BCUT2D eigenvalue weighted by atomic mass is 31.2. The molecule has 0 aliphatic carbocycles. The summed E-state index contributed by atoms with van der Waals surface area (Å²) in [7, 11) is -3.10. The first-order chi connectivity index (χ1) is 12.3. The fraction of sp³-hybridized carbons (Fsp3) is 0.647. The lowest BCUT2D eigenvalue weighted by molar-refractivity contribution is -0.386. The van der Waals surface area contributed by atoms with Crippen LogP contribution in [0.2, 0.25) is 0 Å². The van der Waals surface area contributed by atoms with Gasteiger partial charge in [0, 0.05) is 37.3 Å². The van der Waals surface area contributed by atoms with Crippen molar-refractivity contribution in [3.8, 4) is 0 Å². The molecule has 7 nitrogen and oxygen atoms in total. The first kappa shape index (κ1) is 19.4. The Morgan fingerprint density at radius 3 is 2.15 bits per heavy atom. The Kier molecular flexibility index (Phi) is 5.49. The molecule has 2 heterocycles. The molecule has 0 spiro atoms. The van der Waals surface area contributed by atoms with Crippen LogP contribution < -0.4 is 0 Å². The lowest BCUT2D eigenvalue weighted by atomic mass is 9.90. The van der Waals surface area contributed by atoms with E-state index in [-0.39, 0.29) is 17.2 Å². The molecule has 2 aliphatic heterocycles. The molecule has 0 saturated carbocycles. The summed E-state index contributed by atoms with van der Waals surface area (Å²) < 4.78 is 37.1. The van der Waals surface area contributed by atoms with Gasteiger partial charge in [0.1, 0.15) is 5.82 Å². The Labute approximate surface area is 152 Å². The smallest absolute Gasteiger partial charge is 0.298 e. The van der Waals surface area contributed by atoms with Crippen LogP contribution >= 0.6 is 7.67 Å². The summed E-state index contributed by atoms with van der Waals surface area (Å²) in [4.78, 5) is 10.8. The number of hydrogen-bond donors (Lipinski definition) is 0. The molecule has 0 bridgehead atoms. The molecule has 9 heteroatoms. The van der Waals surface area contributed by atoms with Gasteiger partial charge in [0.2, 0.25) is 0 Å². The number of hydrogen-bond acceptors (Lipinski definition) is 4. The summed E-state index contributed by atoms with van der Waals surface area (Å²) in [5.41, 5.74) is 0.536. The van der Waals surface area contributed by atoms with Gasteiger partial charge in [-0.05, 0) is 31.7 Å². The molecule has 3 rings (SSSR count). The molecular formula is C17H25FN3O4P. The van der Waals surface area contributed by atoms with Gasteiger partial charge in [-0.1, -0.05) is 13.8 Å². The Bertz CT molecular complexity index is 732. The lowest BCUT2D eigenvalue weighted by Crippen LogP contribution is -2.12. The van der Waals surface area contributed by atoms with E-state index >= 15 is 0 Å². The molecule has 2 aliphatic rings. The number of rotatable bonds is 9. The third-order valence-electron chi connectivity index (χ3n) is 5.06. The van der Waals surface area contributed by atoms with E-state index in [1.807, 2.05) is 13.8 Å². The van der Waals surface area contributed by atoms with Crippen molar-refractivity contribution in [1.29, 1.82) is 0 Å². The fourth-order valence-corrected chi connectivity index (χ4v) is 5.63. The number of benzene rings is 1. The van der Waals surface area contributed by atoms with Gasteiger partial charge in [0.05, 0.1) is 17.1 Å². The van der Waals surface area contributed by atoms with Gasteiger partial charge in [-0.15, -0.1) is 0 Å². The van der Waals surface area contributed by atoms with Gasteiger partial charge in [0.15, 0.2) is 0 Å². The Morgan fingerprint density at radius 1 is 1.19 bits per heavy atom. The molecule has 1 atom stereocenters. The zero-order valence-electron chi connectivity index (χ0n) is 15.4. The van der Waals surface area contributed by atoms with E-state index < -0.39 is 24.5 Å². The van der Waals surface area contributed by atoms with Crippen molar-refractivity contribution >= 4 is 13.4 Å². The van der Waals surface area contributed by atoms with Crippen molar-refractivity contribution < 1.29 is 18.4 Å². The lowest BCUT2D eigenvalue weighted by Gasteiger charge is -2.25. The maximum absolute atomic E-state index is 14.6. The summed E-state index contributed by atoms with van der Waals surface area (Å²) in [5, 5.41) is 11.4. The molecule has 144 valence electrons. The van der Waals surface area contributed by atoms with Crippen LogP contribution in [0.25, 0.3) is 0 Å². The first-order valence-electron chi connectivity index (χ1n) is 9.08. The van der Waals surface area contributed by atoms with Crippen LogP contribution in [0.15, 0.2) is 12.1 Å². The molecule has 2 fully saturated rings. The molecule has 0 N–H and O–H groups in total. The zero-order valence-corrected chi connectivity index (χ0v) is 16.2. The highest BCUT2D eigenvalue weighted by Crippen LogP contribution is 2.63. The van der Waals surface area contributed by atoms with E-state index in [1.165, 1.54) is 6.07 Å². The van der Waals surface area contributed by atoms with Gasteiger partial charge >= 0.3 is 7.67 Å². The minimum Gasteiger partial charge on any atom is -0.298 e. The monoisotopic (exact) mass is 385 g/mol. The van der Waals surface area contributed by atoms with E-state index in [4.69, 9.17) is 4.52 Å². The predicted molar refractivity (Wildman–Crippen MR) is 96.6 cm³/mol.